The third kappa shape index (κ3) is 3.76. The third-order valence-electron chi connectivity index (χ3n) is 10.7. The molecule has 32 heavy (non-hydrogen) atoms. The molecular formula is C28H46O3S. The van der Waals surface area contributed by atoms with Crippen LogP contribution in [0.3, 0.4) is 0 Å². The normalized spacial score (nSPS) is 44.1. The highest BCUT2D eigenvalue weighted by molar-refractivity contribution is 7.91. The van der Waals surface area contributed by atoms with Gasteiger partial charge < -0.3 is 5.11 Å². The minimum Gasteiger partial charge on any atom is -0.392 e. The fourth-order valence-corrected chi connectivity index (χ4v) is 11.2. The first-order chi connectivity index (χ1) is 14.7. The second-order valence-electron chi connectivity index (χ2n) is 13.1. The summed E-state index contributed by atoms with van der Waals surface area (Å²) in [4.78, 5) is 0. The quantitative estimate of drug-likeness (QED) is 0.496. The van der Waals surface area contributed by atoms with Gasteiger partial charge in [0.05, 0.1) is 17.6 Å². The van der Waals surface area contributed by atoms with Crippen molar-refractivity contribution in [2.24, 2.45) is 45.8 Å². The van der Waals surface area contributed by atoms with Crippen LogP contribution in [0.15, 0.2) is 23.8 Å². The maximum absolute atomic E-state index is 12.7. The van der Waals surface area contributed by atoms with Crippen LogP contribution in [0.25, 0.3) is 0 Å². The molecule has 1 N–H and O–H groups in total. The van der Waals surface area contributed by atoms with E-state index in [1.54, 1.807) is 0 Å². The Balaban J connectivity index is 1.57. The zero-order valence-electron chi connectivity index (χ0n) is 21.3. The summed E-state index contributed by atoms with van der Waals surface area (Å²) in [6, 6.07) is 0. The van der Waals surface area contributed by atoms with Crippen LogP contribution in [0.2, 0.25) is 0 Å². The van der Waals surface area contributed by atoms with Crippen molar-refractivity contribution in [1.82, 2.24) is 0 Å². The van der Waals surface area contributed by atoms with Crippen molar-refractivity contribution in [3.05, 3.63) is 23.8 Å². The molecule has 0 spiro atoms. The van der Waals surface area contributed by atoms with E-state index in [9.17, 15) is 13.5 Å². The van der Waals surface area contributed by atoms with E-state index in [-0.39, 0.29) is 34.0 Å². The first kappa shape index (κ1) is 24.5. The Morgan fingerprint density at radius 2 is 1.81 bits per heavy atom. The Kier molecular flexibility index (Phi) is 6.11. The molecule has 4 heteroatoms. The van der Waals surface area contributed by atoms with Gasteiger partial charge >= 0.3 is 0 Å². The highest BCUT2D eigenvalue weighted by Gasteiger charge is 2.61. The topological polar surface area (TPSA) is 54.4 Å². The highest BCUT2D eigenvalue weighted by atomic mass is 32.2. The van der Waals surface area contributed by atoms with Gasteiger partial charge in [-0.2, -0.15) is 0 Å². The summed E-state index contributed by atoms with van der Waals surface area (Å²) in [6.07, 6.45) is 10.3. The molecule has 0 unspecified atom stereocenters. The lowest BCUT2D eigenvalue weighted by molar-refractivity contribution is -0.0770. The summed E-state index contributed by atoms with van der Waals surface area (Å²) >= 11 is 0. The fraction of sp³-hybridized carbons (Fsp3) is 0.857. The van der Waals surface area contributed by atoms with Crippen LogP contribution >= 0.6 is 0 Å². The van der Waals surface area contributed by atoms with Crippen LogP contribution in [0.1, 0.15) is 86.5 Å². The van der Waals surface area contributed by atoms with Gasteiger partial charge in [0.15, 0.2) is 9.84 Å². The number of aliphatic hydroxyl groups excluding tert-OH is 1. The number of hydrogen-bond acceptors (Lipinski definition) is 3. The van der Waals surface area contributed by atoms with E-state index in [2.05, 4.69) is 47.3 Å². The first-order valence-electron chi connectivity index (χ1n) is 13.0. The Labute approximate surface area is 197 Å². The molecule has 0 aromatic rings. The van der Waals surface area contributed by atoms with Gasteiger partial charge in [-0.3, -0.25) is 0 Å². The highest BCUT2D eigenvalue weighted by Crippen LogP contribution is 2.68. The molecular weight excluding hydrogens is 416 g/mol. The Bertz CT molecular complexity index is 900. The molecule has 0 aromatic carbocycles. The molecule has 0 heterocycles. The lowest BCUT2D eigenvalue weighted by atomic mass is 9.44. The van der Waals surface area contributed by atoms with Crippen LogP contribution in [-0.2, 0) is 9.84 Å². The number of rotatable bonds is 5. The fourth-order valence-electron chi connectivity index (χ4n) is 9.32. The molecule has 0 bridgehead atoms. The number of aliphatic hydroxyl groups is 1. The average molecular weight is 463 g/mol. The second kappa shape index (κ2) is 7.97. The zero-order chi connectivity index (χ0) is 23.7. The van der Waals surface area contributed by atoms with Gasteiger partial charge in [0, 0.05) is 5.41 Å². The molecule has 182 valence electrons. The van der Waals surface area contributed by atoms with E-state index in [1.807, 2.05) is 6.92 Å². The summed E-state index contributed by atoms with van der Waals surface area (Å²) in [6.45, 7) is 17.3. The van der Waals surface area contributed by atoms with Crippen molar-refractivity contribution < 1.29 is 13.5 Å². The van der Waals surface area contributed by atoms with Gasteiger partial charge in [-0.25, -0.2) is 8.42 Å². The maximum atomic E-state index is 12.7. The Hall–Kier alpha value is -0.610. The molecule has 0 aromatic heterocycles. The average Bonchev–Trinajstić information content (AvgIpc) is 3.01. The van der Waals surface area contributed by atoms with Crippen molar-refractivity contribution in [3.8, 4) is 0 Å². The van der Waals surface area contributed by atoms with Gasteiger partial charge in [-0.1, -0.05) is 58.4 Å². The van der Waals surface area contributed by atoms with E-state index in [0.717, 1.165) is 24.8 Å². The first-order valence-corrected chi connectivity index (χ1v) is 14.8. The van der Waals surface area contributed by atoms with E-state index in [4.69, 9.17) is 0 Å². The van der Waals surface area contributed by atoms with Crippen molar-refractivity contribution in [3.63, 3.8) is 0 Å². The number of sulfone groups is 1. The van der Waals surface area contributed by atoms with E-state index >= 15 is 0 Å². The van der Waals surface area contributed by atoms with Gasteiger partial charge in [-0.15, -0.1) is 0 Å². The third-order valence-corrected chi connectivity index (χ3v) is 12.6. The van der Waals surface area contributed by atoms with Gasteiger partial charge in [0.2, 0.25) is 0 Å². The lowest BCUT2D eigenvalue weighted by Crippen LogP contribution is -2.54. The molecule has 0 radical (unpaired) electrons. The molecule has 3 saturated carbocycles. The number of allylic oxidation sites excluding steroid dienone is 1. The molecule has 0 saturated heterocycles. The zero-order valence-corrected chi connectivity index (χ0v) is 22.1. The van der Waals surface area contributed by atoms with E-state index < -0.39 is 9.84 Å². The predicted octanol–water partition coefficient (Wildman–Crippen LogP) is 6.19. The minimum absolute atomic E-state index is 0.122. The van der Waals surface area contributed by atoms with Crippen LogP contribution in [0, 0.1) is 45.8 Å². The van der Waals surface area contributed by atoms with Crippen LogP contribution in [-0.4, -0.2) is 31.1 Å². The molecule has 0 aliphatic heterocycles. The molecule has 4 aliphatic rings. The molecule has 0 amide bonds. The summed E-state index contributed by atoms with van der Waals surface area (Å²) in [5, 5.41) is 10.7. The van der Waals surface area contributed by atoms with E-state index in [1.165, 1.54) is 31.3 Å². The van der Waals surface area contributed by atoms with E-state index in [0.29, 0.717) is 29.4 Å². The Morgan fingerprint density at radius 3 is 2.47 bits per heavy atom. The van der Waals surface area contributed by atoms with Gasteiger partial charge in [-0.05, 0) is 92.3 Å². The summed E-state index contributed by atoms with van der Waals surface area (Å²) in [5.74, 6) is 3.24. The lowest BCUT2D eigenvalue weighted by Gasteiger charge is -2.61. The van der Waals surface area contributed by atoms with Crippen molar-refractivity contribution in [2.75, 3.05) is 11.5 Å². The predicted molar refractivity (Wildman–Crippen MR) is 133 cm³/mol. The minimum atomic E-state index is -3.08. The SMILES string of the molecule is C=C(C)CS(=O)(=O)C[C@@H](C)[C@H]1CC[C@H]2[C@@H]3CC=C4C(C)(C)[C@@H](O)CC[C@]4(C)[C@H]3CC[C@]12C. The molecule has 3 nitrogen and oxygen atoms in total. The number of hydrogen-bond donors (Lipinski definition) is 1. The Morgan fingerprint density at radius 1 is 1.12 bits per heavy atom. The van der Waals surface area contributed by atoms with Gasteiger partial charge in [0.25, 0.3) is 0 Å². The van der Waals surface area contributed by atoms with Crippen LogP contribution in [0.5, 0.6) is 0 Å². The van der Waals surface area contributed by atoms with Crippen LogP contribution < -0.4 is 0 Å². The number of fused-ring (bicyclic) bond motifs is 5. The summed E-state index contributed by atoms with van der Waals surface area (Å²) in [7, 11) is -3.08. The molecule has 8 atom stereocenters. The molecule has 4 rings (SSSR count). The maximum Gasteiger partial charge on any atom is 0.154 e. The molecule has 3 fully saturated rings. The molecule has 4 aliphatic carbocycles. The standard InChI is InChI=1S/C28H46O3S/c1-18(2)16-32(30,31)17-19(3)21-9-10-22-20-8-11-24-26(4,5)25(29)13-15-28(24,7)23(20)12-14-27(21,22)6/h11,19-23,25,29H,1,8-10,12-17H2,2-7H3/t19-,20+,21-,22+,23+,25+,27-,28-/m1/s1. The smallest absolute Gasteiger partial charge is 0.154 e. The second-order valence-corrected chi connectivity index (χ2v) is 15.3. The van der Waals surface area contributed by atoms with Crippen LogP contribution in [0.4, 0.5) is 0 Å². The summed E-state index contributed by atoms with van der Waals surface area (Å²) < 4.78 is 25.4. The summed E-state index contributed by atoms with van der Waals surface area (Å²) in [5.41, 5.74) is 2.60. The van der Waals surface area contributed by atoms with Crippen molar-refractivity contribution in [2.45, 2.75) is 92.6 Å². The monoisotopic (exact) mass is 462 g/mol. The van der Waals surface area contributed by atoms with Crippen molar-refractivity contribution >= 4 is 9.84 Å². The van der Waals surface area contributed by atoms with Crippen molar-refractivity contribution in [1.29, 1.82) is 0 Å². The van der Waals surface area contributed by atoms with Gasteiger partial charge in [0.1, 0.15) is 0 Å². The largest absolute Gasteiger partial charge is 0.392 e.